The highest BCUT2D eigenvalue weighted by molar-refractivity contribution is 5.73. The highest BCUT2D eigenvalue weighted by atomic mass is 19.4. The van der Waals surface area contributed by atoms with Crippen LogP contribution >= 0.6 is 0 Å². The Morgan fingerprint density at radius 2 is 1.81 bits per heavy atom. The van der Waals surface area contributed by atoms with E-state index in [0.29, 0.717) is 5.56 Å². The number of alkyl halides is 3. The SMILES string of the molecule is Cc1c[nH]c(=O)[nH]c1=O.O=C(O)C(F)(F)F. The molecule has 1 aromatic rings. The number of rotatable bonds is 0. The minimum absolute atomic E-state index is 0.334. The minimum Gasteiger partial charge on any atom is -0.475 e. The topological polar surface area (TPSA) is 103 Å². The molecule has 1 rings (SSSR count). The molecule has 0 spiro atoms. The molecular weight excluding hydrogens is 233 g/mol. The number of halogens is 3. The van der Waals surface area contributed by atoms with Crippen LogP contribution in [0.3, 0.4) is 0 Å². The van der Waals surface area contributed by atoms with Gasteiger partial charge in [-0.3, -0.25) is 9.78 Å². The molecular formula is C7H7F3N2O4. The summed E-state index contributed by atoms with van der Waals surface area (Å²) in [7, 11) is 0. The van der Waals surface area contributed by atoms with Gasteiger partial charge in [-0.2, -0.15) is 13.2 Å². The van der Waals surface area contributed by atoms with E-state index in [1.165, 1.54) is 6.20 Å². The van der Waals surface area contributed by atoms with Crippen LogP contribution in [0.25, 0.3) is 0 Å². The van der Waals surface area contributed by atoms with E-state index in [1.807, 2.05) is 0 Å². The van der Waals surface area contributed by atoms with Crippen molar-refractivity contribution in [2.75, 3.05) is 0 Å². The largest absolute Gasteiger partial charge is 0.490 e. The molecule has 0 aliphatic rings. The standard InChI is InChI=1S/C5H6N2O2.C2HF3O2/c1-3-2-6-5(9)7-4(3)8;3-2(4,5)1(6)7/h2H,1H3,(H2,6,7,8,9);(H,6,7). The molecule has 0 bridgehead atoms. The highest BCUT2D eigenvalue weighted by Gasteiger charge is 2.38. The molecule has 90 valence electrons. The fourth-order valence-electron chi connectivity index (χ4n) is 0.477. The Labute approximate surface area is 85.7 Å². The van der Waals surface area contributed by atoms with Gasteiger partial charge in [-0.05, 0) is 6.92 Å². The minimum atomic E-state index is -5.08. The van der Waals surface area contributed by atoms with Crippen molar-refractivity contribution in [1.29, 1.82) is 0 Å². The Bertz CT molecular complexity index is 474. The molecule has 0 fully saturated rings. The fraction of sp³-hybridized carbons (Fsp3) is 0.286. The van der Waals surface area contributed by atoms with Gasteiger partial charge in [0.2, 0.25) is 0 Å². The van der Waals surface area contributed by atoms with Crippen LogP contribution in [0.15, 0.2) is 15.8 Å². The maximum Gasteiger partial charge on any atom is 0.490 e. The van der Waals surface area contributed by atoms with E-state index in [9.17, 15) is 22.8 Å². The summed E-state index contributed by atoms with van der Waals surface area (Å²) in [6.45, 7) is 1.62. The third-order valence-corrected chi connectivity index (χ3v) is 1.25. The molecule has 0 aliphatic heterocycles. The van der Waals surface area contributed by atoms with Crippen LogP contribution < -0.4 is 11.2 Å². The lowest BCUT2D eigenvalue weighted by molar-refractivity contribution is -0.192. The average molecular weight is 240 g/mol. The van der Waals surface area contributed by atoms with Crippen LogP contribution in [0, 0.1) is 6.92 Å². The molecule has 16 heavy (non-hydrogen) atoms. The monoisotopic (exact) mass is 240 g/mol. The number of nitrogens with one attached hydrogen (secondary N) is 2. The van der Waals surface area contributed by atoms with Gasteiger partial charge in [0.15, 0.2) is 0 Å². The zero-order chi connectivity index (χ0) is 12.9. The van der Waals surface area contributed by atoms with Gasteiger partial charge in [0.1, 0.15) is 0 Å². The van der Waals surface area contributed by atoms with E-state index in [4.69, 9.17) is 9.90 Å². The number of H-pyrrole nitrogens is 2. The second-order valence-electron chi connectivity index (χ2n) is 2.56. The summed E-state index contributed by atoms with van der Waals surface area (Å²) in [5.74, 6) is -2.76. The number of carbonyl (C=O) groups is 1. The lowest BCUT2D eigenvalue weighted by atomic mass is 10.4. The van der Waals surface area contributed by atoms with Gasteiger partial charge in [0.05, 0.1) is 0 Å². The van der Waals surface area contributed by atoms with Gasteiger partial charge in [0.25, 0.3) is 5.56 Å². The molecule has 0 aromatic carbocycles. The van der Waals surface area contributed by atoms with E-state index >= 15 is 0 Å². The zero-order valence-electron chi connectivity index (χ0n) is 7.88. The van der Waals surface area contributed by atoms with Crippen LogP contribution in [0.1, 0.15) is 5.56 Å². The molecule has 9 heteroatoms. The maximum absolute atomic E-state index is 10.6. The molecule has 0 amide bonds. The van der Waals surface area contributed by atoms with Gasteiger partial charge in [-0.1, -0.05) is 0 Å². The van der Waals surface area contributed by atoms with Crippen molar-refractivity contribution >= 4 is 5.97 Å². The van der Waals surface area contributed by atoms with Crippen molar-refractivity contribution < 1.29 is 23.1 Å². The average Bonchev–Trinajstić information content (AvgIpc) is 2.11. The van der Waals surface area contributed by atoms with Crippen molar-refractivity contribution in [3.05, 3.63) is 32.6 Å². The third-order valence-electron chi connectivity index (χ3n) is 1.25. The Balaban J connectivity index is 0.000000293. The summed E-state index contributed by atoms with van der Waals surface area (Å²) in [5, 5.41) is 7.12. The van der Waals surface area contributed by atoms with Gasteiger partial charge in [0, 0.05) is 11.8 Å². The fourth-order valence-corrected chi connectivity index (χ4v) is 0.477. The van der Waals surface area contributed by atoms with Gasteiger partial charge in [-0.25, -0.2) is 9.59 Å². The first-order valence-electron chi connectivity index (χ1n) is 3.73. The predicted octanol–water partition coefficient (Wildman–Crippen LogP) is 0.00492. The van der Waals surface area contributed by atoms with Crippen molar-refractivity contribution in [2.45, 2.75) is 13.1 Å². The molecule has 0 saturated heterocycles. The first-order valence-corrected chi connectivity index (χ1v) is 3.73. The van der Waals surface area contributed by atoms with E-state index < -0.39 is 17.8 Å². The summed E-state index contributed by atoms with van der Waals surface area (Å²) < 4.78 is 31.7. The molecule has 0 aliphatic carbocycles. The van der Waals surface area contributed by atoms with Gasteiger partial charge in [-0.15, -0.1) is 0 Å². The third kappa shape index (κ3) is 4.98. The van der Waals surface area contributed by atoms with Crippen molar-refractivity contribution in [3.8, 4) is 0 Å². The molecule has 0 radical (unpaired) electrons. The number of aromatic nitrogens is 2. The lowest BCUT2D eigenvalue weighted by Crippen LogP contribution is -2.22. The number of hydrogen-bond acceptors (Lipinski definition) is 3. The van der Waals surface area contributed by atoms with E-state index in [0.717, 1.165) is 0 Å². The number of aryl methyl sites for hydroxylation is 1. The summed E-state index contributed by atoms with van der Waals surface area (Å²) >= 11 is 0. The quantitative estimate of drug-likeness (QED) is 0.594. The van der Waals surface area contributed by atoms with Crippen LogP contribution in [-0.2, 0) is 4.79 Å². The second-order valence-corrected chi connectivity index (χ2v) is 2.56. The molecule has 1 aromatic heterocycles. The van der Waals surface area contributed by atoms with Crippen LogP contribution in [-0.4, -0.2) is 27.2 Å². The molecule has 0 atom stereocenters. The molecule has 0 unspecified atom stereocenters. The van der Waals surface area contributed by atoms with Gasteiger partial charge < -0.3 is 10.1 Å². The van der Waals surface area contributed by atoms with Gasteiger partial charge >= 0.3 is 17.8 Å². The summed E-state index contributed by atoms with van der Waals surface area (Å²) in [6.07, 6.45) is -3.71. The molecule has 3 N–H and O–H groups in total. The number of hydrogen-bond donors (Lipinski definition) is 3. The second kappa shape index (κ2) is 5.14. The highest BCUT2D eigenvalue weighted by Crippen LogP contribution is 2.13. The Hall–Kier alpha value is -2.06. The Morgan fingerprint density at radius 1 is 1.38 bits per heavy atom. The van der Waals surface area contributed by atoms with E-state index in [1.54, 1.807) is 6.92 Å². The lowest BCUT2D eigenvalue weighted by Gasteiger charge is -1.93. The van der Waals surface area contributed by atoms with Crippen molar-refractivity contribution in [2.24, 2.45) is 0 Å². The predicted molar refractivity (Wildman–Crippen MR) is 46.1 cm³/mol. The zero-order valence-corrected chi connectivity index (χ0v) is 7.88. The van der Waals surface area contributed by atoms with Crippen LogP contribution in [0.4, 0.5) is 13.2 Å². The molecule has 0 saturated carbocycles. The summed E-state index contributed by atoms with van der Waals surface area (Å²) in [6, 6.07) is 0. The van der Waals surface area contributed by atoms with Crippen molar-refractivity contribution in [3.63, 3.8) is 0 Å². The van der Waals surface area contributed by atoms with E-state index in [2.05, 4.69) is 9.97 Å². The first kappa shape index (κ1) is 13.9. The Kier molecular flexibility index (Phi) is 4.48. The molecule has 1 heterocycles. The van der Waals surface area contributed by atoms with Crippen LogP contribution in [0.5, 0.6) is 0 Å². The summed E-state index contributed by atoms with van der Waals surface area (Å²) in [5.41, 5.74) is -0.293. The van der Waals surface area contributed by atoms with E-state index in [-0.39, 0.29) is 5.56 Å². The Morgan fingerprint density at radius 3 is 2.06 bits per heavy atom. The maximum atomic E-state index is 10.6. The number of aromatic amines is 2. The number of carboxylic acid groups (broad SMARTS) is 1. The van der Waals surface area contributed by atoms with Crippen molar-refractivity contribution in [1.82, 2.24) is 9.97 Å². The first-order chi connectivity index (χ1) is 7.14. The summed E-state index contributed by atoms with van der Waals surface area (Å²) in [4.78, 5) is 34.2. The number of aliphatic carboxylic acids is 1. The normalized spacial score (nSPS) is 10.2. The smallest absolute Gasteiger partial charge is 0.475 e. The molecule has 6 nitrogen and oxygen atoms in total. The van der Waals surface area contributed by atoms with Crippen LogP contribution in [0.2, 0.25) is 0 Å². The number of carboxylic acids is 1.